The number of ether oxygens (including phenoxy) is 1. The van der Waals surface area contributed by atoms with Gasteiger partial charge in [-0.25, -0.2) is 0 Å². The predicted molar refractivity (Wildman–Crippen MR) is 115 cm³/mol. The molecule has 1 fully saturated rings. The van der Waals surface area contributed by atoms with Crippen molar-refractivity contribution in [1.29, 1.82) is 0 Å². The summed E-state index contributed by atoms with van der Waals surface area (Å²) in [7, 11) is 0. The van der Waals surface area contributed by atoms with Crippen molar-refractivity contribution in [3.63, 3.8) is 0 Å². The van der Waals surface area contributed by atoms with Crippen molar-refractivity contribution >= 4 is 17.5 Å². The molecule has 1 aliphatic rings. The van der Waals surface area contributed by atoms with Crippen LogP contribution in [0.25, 0.3) is 0 Å². The lowest BCUT2D eigenvalue weighted by atomic mass is 9.90. The molecule has 2 amide bonds. The Bertz CT molecular complexity index is 814. The molecule has 1 aliphatic heterocycles. The predicted octanol–water partition coefficient (Wildman–Crippen LogP) is 3.92. The third-order valence-electron chi connectivity index (χ3n) is 5.46. The number of nitrogens with zero attached hydrogens (tertiary/aromatic N) is 2. The molecule has 0 aliphatic carbocycles. The lowest BCUT2D eigenvalue weighted by Crippen LogP contribution is -2.45. The maximum Gasteiger partial charge on any atom is 0.242 e. The van der Waals surface area contributed by atoms with Crippen LogP contribution in [-0.2, 0) is 16.0 Å². The Labute approximate surface area is 173 Å². The molecular formula is C24H30N2O3. The zero-order valence-electron chi connectivity index (χ0n) is 17.3. The van der Waals surface area contributed by atoms with Gasteiger partial charge >= 0.3 is 0 Å². The van der Waals surface area contributed by atoms with Crippen molar-refractivity contribution in [2.45, 2.75) is 33.1 Å². The Morgan fingerprint density at radius 2 is 1.69 bits per heavy atom. The van der Waals surface area contributed by atoms with Gasteiger partial charge in [0.05, 0.1) is 12.3 Å². The standard InChI is InChI=1S/C24H30N2O3/c1-3-29-23-12-8-7-11-22(23)26(19(2)27)18-24(28)25-15-13-21(14-16-25)17-20-9-5-4-6-10-20/h4-12,21H,3,13-18H2,1-2H3. The number of benzene rings is 2. The van der Waals surface area contributed by atoms with Gasteiger partial charge in [0.25, 0.3) is 0 Å². The Balaban J connectivity index is 1.59. The zero-order chi connectivity index (χ0) is 20.6. The van der Waals surface area contributed by atoms with Gasteiger partial charge in [0.2, 0.25) is 11.8 Å². The van der Waals surface area contributed by atoms with E-state index in [0.717, 1.165) is 32.4 Å². The van der Waals surface area contributed by atoms with Crippen LogP contribution in [0, 0.1) is 5.92 Å². The number of carbonyl (C=O) groups excluding carboxylic acids is 2. The molecule has 0 saturated carbocycles. The average Bonchev–Trinajstić information content (AvgIpc) is 2.74. The van der Waals surface area contributed by atoms with Gasteiger partial charge in [-0.1, -0.05) is 42.5 Å². The third kappa shape index (κ3) is 5.59. The highest BCUT2D eigenvalue weighted by Gasteiger charge is 2.26. The maximum atomic E-state index is 12.9. The van der Waals surface area contributed by atoms with Crippen LogP contribution >= 0.6 is 0 Å². The van der Waals surface area contributed by atoms with E-state index < -0.39 is 0 Å². The summed E-state index contributed by atoms with van der Waals surface area (Å²) in [4.78, 5) is 28.6. The van der Waals surface area contributed by atoms with Gasteiger partial charge in [0.1, 0.15) is 12.3 Å². The van der Waals surface area contributed by atoms with Crippen LogP contribution in [0.1, 0.15) is 32.3 Å². The zero-order valence-corrected chi connectivity index (χ0v) is 17.3. The number of piperidine rings is 1. The van der Waals surface area contributed by atoms with E-state index in [1.54, 1.807) is 0 Å². The number of likely N-dealkylation sites (tertiary alicyclic amines) is 1. The fourth-order valence-corrected chi connectivity index (χ4v) is 3.89. The van der Waals surface area contributed by atoms with Gasteiger partial charge in [-0.2, -0.15) is 0 Å². The fourth-order valence-electron chi connectivity index (χ4n) is 3.89. The molecule has 0 N–H and O–H groups in total. The summed E-state index contributed by atoms with van der Waals surface area (Å²) in [6, 6.07) is 17.9. The average molecular weight is 395 g/mol. The van der Waals surface area contributed by atoms with Crippen LogP contribution in [0.2, 0.25) is 0 Å². The second-order valence-corrected chi connectivity index (χ2v) is 7.52. The molecule has 0 radical (unpaired) electrons. The molecule has 0 unspecified atom stereocenters. The Kier molecular flexibility index (Phi) is 7.28. The second kappa shape index (κ2) is 10.1. The van der Waals surface area contributed by atoms with Crippen LogP contribution in [0.3, 0.4) is 0 Å². The lowest BCUT2D eigenvalue weighted by Gasteiger charge is -2.34. The van der Waals surface area contributed by atoms with E-state index >= 15 is 0 Å². The monoisotopic (exact) mass is 394 g/mol. The van der Waals surface area contributed by atoms with Crippen molar-refractivity contribution < 1.29 is 14.3 Å². The van der Waals surface area contributed by atoms with Gasteiger partial charge in [0.15, 0.2) is 0 Å². The van der Waals surface area contributed by atoms with E-state index in [1.165, 1.54) is 17.4 Å². The molecule has 2 aromatic rings. The number of carbonyl (C=O) groups is 2. The largest absolute Gasteiger partial charge is 0.492 e. The molecule has 1 saturated heterocycles. The van der Waals surface area contributed by atoms with Crippen molar-refractivity contribution in [3.05, 3.63) is 60.2 Å². The Morgan fingerprint density at radius 3 is 2.34 bits per heavy atom. The maximum absolute atomic E-state index is 12.9. The van der Waals surface area contributed by atoms with Crippen LogP contribution in [0.15, 0.2) is 54.6 Å². The first-order chi connectivity index (χ1) is 14.1. The normalized spacial score (nSPS) is 14.5. The van der Waals surface area contributed by atoms with E-state index in [9.17, 15) is 9.59 Å². The molecule has 3 rings (SSSR count). The fraction of sp³-hybridized carbons (Fsp3) is 0.417. The number of rotatable bonds is 7. The van der Waals surface area contributed by atoms with Crippen molar-refractivity contribution in [1.82, 2.24) is 4.90 Å². The molecule has 2 aromatic carbocycles. The van der Waals surface area contributed by atoms with E-state index in [-0.39, 0.29) is 18.4 Å². The van der Waals surface area contributed by atoms with Crippen LogP contribution < -0.4 is 9.64 Å². The van der Waals surface area contributed by atoms with Gasteiger partial charge in [-0.05, 0) is 49.8 Å². The molecular weight excluding hydrogens is 364 g/mol. The Morgan fingerprint density at radius 1 is 1.03 bits per heavy atom. The number of hydrogen-bond acceptors (Lipinski definition) is 3. The molecule has 0 aromatic heterocycles. The first kappa shape index (κ1) is 20.9. The SMILES string of the molecule is CCOc1ccccc1N(CC(=O)N1CCC(Cc2ccccc2)CC1)C(C)=O. The highest BCUT2D eigenvalue weighted by Crippen LogP contribution is 2.29. The summed E-state index contributed by atoms with van der Waals surface area (Å²) in [5.41, 5.74) is 2.00. The lowest BCUT2D eigenvalue weighted by molar-refractivity contribution is -0.132. The van der Waals surface area contributed by atoms with Gasteiger partial charge in [-0.3, -0.25) is 14.5 Å². The summed E-state index contributed by atoms with van der Waals surface area (Å²) < 4.78 is 5.65. The van der Waals surface area contributed by atoms with Crippen molar-refractivity contribution in [2.75, 3.05) is 31.1 Å². The molecule has 0 atom stereocenters. The number of hydrogen-bond donors (Lipinski definition) is 0. The second-order valence-electron chi connectivity index (χ2n) is 7.52. The smallest absolute Gasteiger partial charge is 0.242 e. The van der Waals surface area contributed by atoms with Crippen molar-refractivity contribution in [2.24, 2.45) is 5.92 Å². The summed E-state index contributed by atoms with van der Waals surface area (Å²) in [6.07, 6.45) is 3.05. The quantitative estimate of drug-likeness (QED) is 0.715. The molecule has 0 bridgehead atoms. The van der Waals surface area contributed by atoms with E-state index in [4.69, 9.17) is 4.74 Å². The number of para-hydroxylation sites is 2. The first-order valence-electron chi connectivity index (χ1n) is 10.4. The van der Waals surface area contributed by atoms with Crippen LogP contribution in [-0.4, -0.2) is 43.0 Å². The highest BCUT2D eigenvalue weighted by atomic mass is 16.5. The number of amides is 2. The number of anilines is 1. The summed E-state index contributed by atoms with van der Waals surface area (Å²) in [5, 5.41) is 0. The molecule has 0 spiro atoms. The highest BCUT2D eigenvalue weighted by molar-refractivity contribution is 5.98. The van der Waals surface area contributed by atoms with Crippen LogP contribution in [0.4, 0.5) is 5.69 Å². The van der Waals surface area contributed by atoms with Gasteiger partial charge in [-0.15, -0.1) is 0 Å². The van der Waals surface area contributed by atoms with E-state index in [2.05, 4.69) is 24.3 Å². The van der Waals surface area contributed by atoms with E-state index in [1.807, 2.05) is 42.2 Å². The third-order valence-corrected chi connectivity index (χ3v) is 5.46. The molecule has 29 heavy (non-hydrogen) atoms. The van der Waals surface area contributed by atoms with Crippen LogP contribution in [0.5, 0.6) is 5.75 Å². The summed E-state index contributed by atoms with van der Waals surface area (Å²) in [6.45, 7) is 5.43. The molecule has 1 heterocycles. The minimum Gasteiger partial charge on any atom is -0.492 e. The molecule has 5 nitrogen and oxygen atoms in total. The Hall–Kier alpha value is -2.82. The van der Waals surface area contributed by atoms with E-state index in [0.29, 0.717) is 24.0 Å². The van der Waals surface area contributed by atoms with Crippen molar-refractivity contribution in [3.8, 4) is 5.75 Å². The minimum atomic E-state index is -0.163. The summed E-state index contributed by atoms with van der Waals surface area (Å²) >= 11 is 0. The van der Waals surface area contributed by atoms with Gasteiger partial charge < -0.3 is 9.64 Å². The topological polar surface area (TPSA) is 49.9 Å². The minimum absolute atomic E-state index is 0.00957. The molecule has 5 heteroatoms. The summed E-state index contributed by atoms with van der Waals surface area (Å²) in [5.74, 6) is 1.05. The first-order valence-corrected chi connectivity index (χ1v) is 10.4. The molecule has 154 valence electrons. The van der Waals surface area contributed by atoms with Gasteiger partial charge in [0, 0.05) is 20.0 Å².